The first-order valence-electron chi connectivity index (χ1n) is 8.86. The standard InChI is InChI=1S/C18H31N5O2/c1-6-19-18(20-11-12-22(14(2)3)15(4)5)21-13-16-7-9-17(10-8-16)23(24)25/h7-10,14-15H,6,11-13H2,1-5H3,(H2,19,20,21). The number of hydrogen-bond acceptors (Lipinski definition) is 4. The fourth-order valence-corrected chi connectivity index (χ4v) is 2.65. The van der Waals surface area contributed by atoms with Gasteiger partial charge in [-0.3, -0.25) is 15.0 Å². The van der Waals surface area contributed by atoms with E-state index in [0.717, 1.165) is 31.2 Å². The fraction of sp³-hybridized carbons (Fsp3) is 0.611. The monoisotopic (exact) mass is 349 g/mol. The van der Waals surface area contributed by atoms with Crippen LogP contribution in [0.3, 0.4) is 0 Å². The second-order valence-electron chi connectivity index (χ2n) is 6.47. The Labute approximate surface area is 150 Å². The minimum absolute atomic E-state index is 0.0974. The molecule has 0 spiro atoms. The van der Waals surface area contributed by atoms with Crippen LogP contribution >= 0.6 is 0 Å². The van der Waals surface area contributed by atoms with Crippen molar-refractivity contribution in [3.8, 4) is 0 Å². The Kier molecular flexibility index (Phi) is 8.91. The molecule has 0 amide bonds. The third kappa shape index (κ3) is 7.51. The lowest BCUT2D eigenvalue weighted by atomic mass is 10.2. The van der Waals surface area contributed by atoms with E-state index in [0.29, 0.717) is 18.6 Å². The lowest BCUT2D eigenvalue weighted by molar-refractivity contribution is -0.384. The van der Waals surface area contributed by atoms with Crippen LogP contribution in [-0.2, 0) is 6.54 Å². The van der Waals surface area contributed by atoms with Gasteiger partial charge in [0.1, 0.15) is 0 Å². The van der Waals surface area contributed by atoms with Crippen molar-refractivity contribution >= 4 is 11.6 Å². The van der Waals surface area contributed by atoms with E-state index in [9.17, 15) is 10.1 Å². The molecule has 0 unspecified atom stereocenters. The number of benzene rings is 1. The average Bonchev–Trinajstić information content (AvgIpc) is 2.56. The number of guanidine groups is 1. The summed E-state index contributed by atoms with van der Waals surface area (Å²) >= 11 is 0. The van der Waals surface area contributed by atoms with Crippen molar-refractivity contribution in [2.24, 2.45) is 4.99 Å². The molecule has 7 heteroatoms. The summed E-state index contributed by atoms with van der Waals surface area (Å²) in [4.78, 5) is 17.3. The fourth-order valence-electron chi connectivity index (χ4n) is 2.65. The Bertz CT molecular complexity index is 547. The lowest BCUT2D eigenvalue weighted by Crippen LogP contribution is -2.45. The van der Waals surface area contributed by atoms with Crippen molar-refractivity contribution in [1.29, 1.82) is 0 Å². The van der Waals surface area contributed by atoms with Crippen LogP contribution in [0.5, 0.6) is 0 Å². The molecule has 1 rings (SSSR count). The molecular weight excluding hydrogens is 318 g/mol. The maximum atomic E-state index is 10.7. The summed E-state index contributed by atoms with van der Waals surface area (Å²) in [5.41, 5.74) is 1.04. The molecule has 1 aromatic carbocycles. The zero-order valence-corrected chi connectivity index (χ0v) is 16.0. The van der Waals surface area contributed by atoms with Crippen molar-refractivity contribution in [1.82, 2.24) is 15.5 Å². The highest BCUT2D eigenvalue weighted by molar-refractivity contribution is 5.79. The molecule has 0 aliphatic carbocycles. The van der Waals surface area contributed by atoms with Crippen LogP contribution in [-0.4, -0.2) is 47.5 Å². The van der Waals surface area contributed by atoms with E-state index in [-0.39, 0.29) is 5.69 Å². The van der Waals surface area contributed by atoms with Gasteiger partial charge < -0.3 is 10.6 Å². The number of rotatable bonds is 9. The van der Waals surface area contributed by atoms with Gasteiger partial charge in [0, 0.05) is 43.9 Å². The highest BCUT2D eigenvalue weighted by Gasteiger charge is 2.12. The minimum atomic E-state index is -0.395. The maximum Gasteiger partial charge on any atom is 0.269 e. The van der Waals surface area contributed by atoms with Crippen LogP contribution in [0.15, 0.2) is 29.3 Å². The lowest BCUT2D eigenvalue weighted by Gasteiger charge is -2.30. The first-order chi connectivity index (χ1) is 11.8. The smallest absolute Gasteiger partial charge is 0.269 e. The van der Waals surface area contributed by atoms with Crippen LogP contribution < -0.4 is 10.6 Å². The summed E-state index contributed by atoms with van der Waals surface area (Å²) in [5, 5.41) is 17.3. The van der Waals surface area contributed by atoms with Gasteiger partial charge in [-0.2, -0.15) is 0 Å². The summed E-state index contributed by atoms with van der Waals surface area (Å²) in [5.74, 6) is 0.758. The minimum Gasteiger partial charge on any atom is -0.357 e. The Morgan fingerprint density at radius 2 is 1.76 bits per heavy atom. The van der Waals surface area contributed by atoms with Gasteiger partial charge in [-0.1, -0.05) is 12.1 Å². The molecule has 140 valence electrons. The quantitative estimate of drug-likeness (QED) is 0.310. The van der Waals surface area contributed by atoms with Gasteiger partial charge in [0.2, 0.25) is 0 Å². The summed E-state index contributed by atoms with van der Waals surface area (Å²) in [6, 6.07) is 7.50. The van der Waals surface area contributed by atoms with E-state index in [4.69, 9.17) is 0 Å². The largest absolute Gasteiger partial charge is 0.357 e. The first-order valence-corrected chi connectivity index (χ1v) is 8.86. The van der Waals surface area contributed by atoms with E-state index in [1.807, 2.05) is 6.92 Å². The molecule has 7 nitrogen and oxygen atoms in total. The van der Waals surface area contributed by atoms with E-state index in [2.05, 4.69) is 48.2 Å². The van der Waals surface area contributed by atoms with Gasteiger partial charge in [-0.15, -0.1) is 0 Å². The molecule has 0 fully saturated rings. The molecule has 0 saturated carbocycles. The topological polar surface area (TPSA) is 82.8 Å². The molecule has 1 aromatic rings. The number of aliphatic imine (C=N–C) groups is 1. The molecule has 0 aromatic heterocycles. The Balaban J connectivity index is 2.60. The van der Waals surface area contributed by atoms with Crippen LogP contribution in [0.4, 0.5) is 5.69 Å². The highest BCUT2D eigenvalue weighted by Crippen LogP contribution is 2.12. The van der Waals surface area contributed by atoms with E-state index in [1.165, 1.54) is 12.1 Å². The highest BCUT2D eigenvalue weighted by atomic mass is 16.6. The van der Waals surface area contributed by atoms with Crippen LogP contribution in [0.1, 0.15) is 40.2 Å². The first kappa shape index (κ1) is 20.9. The summed E-state index contributed by atoms with van der Waals surface area (Å²) in [6.45, 7) is 13.8. The molecule has 0 radical (unpaired) electrons. The molecule has 0 aliphatic heterocycles. The molecule has 0 heterocycles. The zero-order valence-electron chi connectivity index (χ0n) is 16.0. The van der Waals surface area contributed by atoms with Crippen LogP contribution in [0.25, 0.3) is 0 Å². The number of hydrogen-bond donors (Lipinski definition) is 2. The number of non-ortho nitro benzene ring substituents is 1. The number of nitrogens with zero attached hydrogens (tertiary/aromatic N) is 3. The number of nitrogens with one attached hydrogen (secondary N) is 2. The van der Waals surface area contributed by atoms with Crippen LogP contribution in [0.2, 0.25) is 0 Å². The predicted molar refractivity (Wildman–Crippen MR) is 103 cm³/mol. The second kappa shape index (κ2) is 10.7. The molecule has 0 atom stereocenters. The Hall–Kier alpha value is -2.15. The maximum absolute atomic E-state index is 10.7. The van der Waals surface area contributed by atoms with Gasteiger partial charge in [-0.25, -0.2) is 4.99 Å². The van der Waals surface area contributed by atoms with Gasteiger partial charge in [0.15, 0.2) is 5.96 Å². The molecule has 2 N–H and O–H groups in total. The van der Waals surface area contributed by atoms with Gasteiger partial charge in [0.05, 0.1) is 11.5 Å². The van der Waals surface area contributed by atoms with Crippen molar-refractivity contribution in [3.05, 3.63) is 39.9 Å². The summed E-state index contributed by atoms with van der Waals surface area (Å²) < 4.78 is 0. The predicted octanol–water partition coefficient (Wildman–Crippen LogP) is 2.77. The number of nitro groups is 1. The zero-order chi connectivity index (χ0) is 18.8. The third-order valence-electron chi connectivity index (χ3n) is 3.90. The Morgan fingerprint density at radius 1 is 1.16 bits per heavy atom. The molecule has 0 aliphatic rings. The summed E-state index contributed by atoms with van der Waals surface area (Å²) in [7, 11) is 0. The molecule has 25 heavy (non-hydrogen) atoms. The van der Waals surface area contributed by atoms with E-state index >= 15 is 0 Å². The van der Waals surface area contributed by atoms with Crippen molar-refractivity contribution in [2.75, 3.05) is 19.6 Å². The van der Waals surface area contributed by atoms with Crippen LogP contribution in [0, 0.1) is 10.1 Å². The van der Waals surface area contributed by atoms with E-state index in [1.54, 1.807) is 12.1 Å². The second-order valence-corrected chi connectivity index (χ2v) is 6.47. The molecular formula is C18H31N5O2. The Morgan fingerprint density at radius 3 is 2.24 bits per heavy atom. The van der Waals surface area contributed by atoms with Crippen molar-refractivity contribution in [3.63, 3.8) is 0 Å². The molecule has 0 saturated heterocycles. The third-order valence-corrected chi connectivity index (χ3v) is 3.90. The molecule has 0 bridgehead atoms. The van der Waals surface area contributed by atoms with Gasteiger partial charge in [-0.05, 0) is 40.2 Å². The van der Waals surface area contributed by atoms with Crippen molar-refractivity contribution in [2.45, 2.75) is 53.2 Å². The van der Waals surface area contributed by atoms with Gasteiger partial charge in [0.25, 0.3) is 5.69 Å². The average molecular weight is 349 g/mol. The van der Waals surface area contributed by atoms with Crippen molar-refractivity contribution < 1.29 is 4.92 Å². The number of nitro benzene ring substituents is 1. The summed E-state index contributed by atoms with van der Waals surface area (Å²) in [6.07, 6.45) is 0. The normalized spacial score (nSPS) is 12.1. The van der Waals surface area contributed by atoms with E-state index < -0.39 is 4.92 Å². The SMILES string of the molecule is CCNC(=NCc1ccc([N+](=O)[O-])cc1)NCCN(C(C)C)C(C)C. The van der Waals surface area contributed by atoms with Gasteiger partial charge >= 0.3 is 0 Å².